The molecule has 0 saturated carbocycles. The van der Waals surface area contributed by atoms with Crippen LogP contribution < -0.4 is 0 Å². The summed E-state index contributed by atoms with van der Waals surface area (Å²) in [5.74, 6) is 0.647. The van der Waals surface area contributed by atoms with E-state index in [1.807, 2.05) is 13.0 Å². The summed E-state index contributed by atoms with van der Waals surface area (Å²) in [4.78, 5) is 15.7. The van der Waals surface area contributed by atoms with Crippen molar-refractivity contribution in [2.45, 2.75) is 25.3 Å². The third-order valence-corrected chi connectivity index (χ3v) is 2.70. The Hall–Kier alpha value is -1.38. The summed E-state index contributed by atoms with van der Waals surface area (Å²) in [6.07, 6.45) is 6.83. The molecular formula is C11H13NO2. The van der Waals surface area contributed by atoms with E-state index in [1.165, 1.54) is 6.08 Å². The summed E-state index contributed by atoms with van der Waals surface area (Å²) in [5, 5.41) is 0. The van der Waals surface area contributed by atoms with Crippen LogP contribution in [-0.2, 0) is 9.53 Å². The number of hydrogen-bond acceptors (Lipinski definition) is 3. The second-order valence-electron chi connectivity index (χ2n) is 3.72. The molecule has 1 atom stereocenters. The summed E-state index contributed by atoms with van der Waals surface area (Å²) < 4.78 is 5.23. The van der Waals surface area contributed by atoms with Gasteiger partial charge in [-0.15, -0.1) is 0 Å². The molecule has 74 valence electrons. The van der Waals surface area contributed by atoms with Crippen LogP contribution in [0.1, 0.15) is 19.8 Å². The number of aliphatic imine (C=N–C) groups is 1. The predicted octanol–water partition coefficient (Wildman–Crippen LogP) is 1.65. The maximum Gasteiger partial charge on any atom is 0.181 e. The van der Waals surface area contributed by atoms with Crippen molar-refractivity contribution in [2.75, 3.05) is 7.11 Å². The monoisotopic (exact) mass is 191 g/mol. The van der Waals surface area contributed by atoms with Gasteiger partial charge in [-0.2, -0.15) is 0 Å². The average molecular weight is 191 g/mol. The van der Waals surface area contributed by atoms with Gasteiger partial charge in [0.05, 0.1) is 7.11 Å². The summed E-state index contributed by atoms with van der Waals surface area (Å²) >= 11 is 0. The first-order chi connectivity index (χ1) is 6.66. The Morgan fingerprint density at radius 3 is 2.93 bits per heavy atom. The first-order valence-corrected chi connectivity index (χ1v) is 4.71. The predicted molar refractivity (Wildman–Crippen MR) is 54.3 cm³/mol. The molecule has 0 aromatic rings. The highest BCUT2D eigenvalue weighted by Crippen LogP contribution is 2.36. The minimum absolute atomic E-state index is 0.0211. The van der Waals surface area contributed by atoms with Gasteiger partial charge in [-0.3, -0.25) is 9.79 Å². The average Bonchev–Trinajstić information content (AvgIpc) is 2.53. The smallest absolute Gasteiger partial charge is 0.181 e. The van der Waals surface area contributed by atoms with E-state index in [-0.39, 0.29) is 11.3 Å². The van der Waals surface area contributed by atoms with Gasteiger partial charge >= 0.3 is 0 Å². The van der Waals surface area contributed by atoms with Crippen LogP contribution in [0.15, 0.2) is 29.0 Å². The summed E-state index contributed by atoms with van der Waals surface area (Å²) in [7, 11) is 1.59. The molecule has 0 saturated heterocycles. The molecule has 1 aliphatic carbocycles. The fourth-order valence-corrected chi connectivity index (χ4v) is 1.96. The van der Waals surface area contributed by atoms with Crippen LogP contribution in [0.3, 0.4) is 0 Å². The molecule has 0 N–H and O–H groups in total. The van der Waals surface area contributed by atoms with Crippen molar-refractivity contribution < 1.29 is 9.53 Å². The topological polar surface area (TPSA) is 38.7 Å². The zero-order valence-electron chi connectivity index (χ0n) is 8.41. The number of nitrogens with zero attached hydrogens (tertiary/aromatic N) is 1. The Kier molecular flexibility index (Phi) is 2.02. The molecule has 3 nitrogen and oxygen atoms in total. The Balaban J connectivity index is 2.41. The van der Waals surface area contributed by atoms with Crippen LogP contribution in [0.4, 0.5) is 0 Å². The zero-order valence-corrected chi connectivity index (χ0v) is 8.41. The quantitative estimate of drug-likeness (QED) is 0.632. The molecule has 0 aromatic heterocycles. The molecule has 2 aliphatic rings. The molecule has 0 bridgehead atoms. The molecule has 0 fully saturated rings. The molecule has 0 amide bonds. The van der Waals surface area contributed by atoms with Crippen molar-refractivity contribution in [2.24, 2.45) is 4.99 Å². The number of carbonyl (C=O) groups excluding carboxylic acids is 1. The highest BCUT2D eigenvalue weighted by molar-refractivity contribution is 6.01. The lowest BCUT2D eigenvalue weighted by atomic mass is 9.89. The van der Waals surface area contributed by atoms with Crippen molar-refractivity contribution in [1.29, 1.82) is 0 Å². The molecular weight excluding hydrogens is 178 g/mol. The van der Waals surface area contributed by atoms with Gasteiger partial charge in [-0.05, 0) is 31.9 Å². The van der Waals surface area contributed by atoms with Crippen LogP contribution in [0.5, 0.6) is 0 Å². The number of ketones is 1. The van der Waals surface area contributed by atoms with Gasteiger partial charge in [-0.1, -0.05) is 0 Å². The molecule has 2 rings (SSSR count). The van der Waals surface area contributed by atoms with Gasteiger partial charge in [0.15, 0.2) is 5.78 Å². The highest BCUT2D eigenvalue weighted by Gasteiger charge is 2.38. The SMILES string of the molecule is COC1=CC(=O)C=CC12CCC(C)=N2. The number of allylic oxidation sites excluding steroid dienone is 2. The van der Waals surface area contributed by atoms with Crippen LogP contribution in [0, 0.1) is 0 Å². The van der Waals surface area contributed by atoms with E-state index in [1.54, 1.807) is 13.2 Å². The van der Waals surface area contributed by atoms with Crippen molar-refractivity contribution in [3.8, 4) is 0 Å². The van der Waals surface area contributed by atoms with Gasteiger partial charge in [0.25, 0.3) is 0 Å². The third kappa shape index (κ3) is 1.29. The number of rotatable bonds is 1. The summed E-state index contributed by atoms with van der Waals surface area (Å²) in [6, 6.07) is 0. The largest absolute Gasteiger partial charge is 0.498 e. The number of carbonyl (C=O) groups is 1. The Labute approximate surface area is 83.2 Å². The van der Waals surface area contributed by atoms with E-state index in [2.05, 4.69) is 4.99 Å². The number of hydrogen-bond donors (Lipinski definition) is 0. The van der Waals surface area contributed by atoms with Crippen molar-refractivity contribution in [3.63, 3.8) is 0 Å². The van der Waals surface area contributed by atoms with E-state index in [4.69, 9.17) is 4.74 Å². The van der Waals surface area contributed by atoms with Gasteiger partial charge in [0.2, 0.25) is 0 Å². The second-order valence-corrected chi connectivity index (χ2v) is 3.72. The molecule has 14 heavy (non-hydrogen) atoms. The van der Waals surface area contributed by atoms with E-state index in [0.29, 0.717) is 5.76 Å². The fourth-order valence-electron chi connectivity index (χ4n) is 1.96. The molecule has 1 unspecified atom stereocenters. The zero-order chi connectivity index (χ0) is 10.2. The molecule has 1 spiro atoms. The molecule has 1 aliphatic heterocycles. The highest BCUT2D eigenvalue weighted by atomic mass is 16.5. The summed E-state index contributed by atoms with van der Waals surface area (Å²) in [5.41, 5.74) is 0.735. The van der Waals surface area contributed by atoms with E-state index in [9.17, 15) is 4.79 Å². The van der Waals surface area contributed by atoms with Crippen molar-refractivity contribution in [3.05, 3.63) is 24.0 Å². The lowest BCUT2D eigenvalue weighted by Gasteiger charge is -2.26. The van der Waals surface area contributed by atoms with Crippen LogP contribution >= 0.6 is 0 Å². The van der Waals surface area contributed by atoms with Crippen molar-refractivity contribution >= 4 is 11.5 Å². The molecule has 0 aromatic carbocycles. The molecule has 0 radical (unpaired) electrons. The lowest BCUT2D eigenvalue weighted by molar-refractivity contribution is -0.110. The Bertz CT molecular complexity index is 365. The maximum absolute atomic E-state index is 11.2. The second kappa shape index (κ2) is 3.08. The Morgan fingerprint density at radius 2 is 2.36 bits per heavy atom. The van der Waals surface area contributed by atoms with E-state index in [0.717, 1.165) is 18.6 Å². The lowest BCUT2D eigenvalue weighted by Crippen LogP contribution is -2.28. The normalized spacial score (nSPS) is 30.6. The first-order valence-electron chi connectivity index (χ1n) is 4.71. The van der Waals surface area contributed by atoms with Gasteiger partial charge in [0.1, 0.15) is 11.3 Å². The summed E-state index contributed by atoms with van der Waals surface area (Å²) in [6.45, 7) is 2.01. The van der Waals surface area contributed by atoms with Gasteiger partial charge in [0, 0.05) is 11.8 Å². The van der Waals surface area contributed by atoms with E-state index >= 15 is 0 Å². The number of ether oxygens (including phenoxy) is 1. The maximum atomic E-state index is 11.2. The third-order valence-electron chi connectivity index (χ3n) is 2.70. The van der Waals surface area contributed by atoms with Crippen LogP contribution in [0.25, 0.3) is 0 Å². The van der Waals surface area contributed by atoms with Crippen LogP contribution in [0.2, 0.25) is 0 Å². The van der Waals surface area contributed by atoms with Crippen LogP contribution in [-0.4, -0.2) is 24.1 Å². The standard InChI is InChI=1S/C11H13NO2/c1-8-3-5-11(12-8)6-4-9(13)7-10(11)14-2/h4,6-7H,3,5H2,1-2H3. The van der Waals surface area contributed by atoms with E-state index < -0.39 is 0 Å². The number of methoxy groups -OCH3 is 1. The van der Waals surface area contributed by atoms with Gasteiger partial charge < -0.3 is 4.74 Å². The minimum Gasteiger partial charge on any atom is -0.498 e. The van der Waals surface area contributed by atoms with Crippen molar-refractivity contribution in [1.82, 2.24) is 0 Å². The molecule has 1 heterocycles. The molecule has 3 heteroatoms. The fraction of sp³-hybridized carbons (Fsp3) is 0.455. The minimum atomic E-state index is -0.382. The van der Waals surface area contributed by atoms with Gasteiger partial charge in [-0.25, -0.2) is 0 Å². The Morgan fingerprint density at radius 1 is 1.57 bits per heavy atom. The first kappa shape index (κ1) is 9.19.